The van der Waals surface area contributed by atoms with Crippen molar-refractivity contribution in [1.29, 1.82) is 0 Å². The minimum Gasteiger partial charge on any atom is -0.336 e. The van der Waals surface area contributed by atoms with Crippen molar-refractivity contribution >= 4 is 23.1 Å². The Bertz CT molecular complexity index is 409. The molecule has 1 rings (SSSR count). The van der Waals surface area contributed by atoms with Gasteiger partial charge in [0.25, 0.3) is 5.78 Å². The molecule has 1 aromatic carbocycles. The van der Waals surface area contributed by atoms with E-state index >= 15 is 0 Å². The minimum atomic E-state index is -2.76. The first kappa shape index (κ1) is 11.5. The molecule has 0 heterocycles. The fourth-order valence-electron chi connectivity index (χ4n) is 0.925. The van der Waals surface area contributed by atoms with Crippen LogP contribution in [0.3, 0.4) is 0 Å². The number of carbonyl (C=O) groups is 2. The van der Waals surface area contributed by atoms with Crippen LogP contribution >= 0.6 is 0 Å². The van der Waals surface area contributed by atoms with E-state index in [0.29, 0.717) is 0 Å². The van der Waals surface area contributed by atoms with Gasteiger partial charge in [-0.1, -0.05) is 29.8 Å². The number of ketones is 1. The maximum absolute atomic E-state index is 11.3. The van der Waals surface area contributed by atoms with Crippen molar-refractivity contribution in [2.75, 3.05) is 0 Å². The van der Waals surface area contributed by atoms with Gasteiger partial charge < -0.3 is 4.18 Å². The first-order valence-corrected chi connectivity index (χ1v) is 4.98. The molecule has 0 saturated heterocycles. The van der Waals surface area contributed by atoms with Crippen molar-refractivity contribution in [3.05, 3.63) is 35.4 Å². The third kappa shape index (κ3) is 3.26. The Morgan fingerprint density at radius 3 is 2.27 bits per heavy atom. The van der Waals surface area contributed by atoms with Gasteiger partial charge in [0.1, 0.15) is 0 Å². The molecule has 15 heavy (non-hydrogen) atoms. The second-order valence-electron chi connectivity index (χ2n) is 2.78. The fourth-order valence-corrected chi connectivity index (χ4v) is 1.13. The molecular formula is C9H8O5S. The Morgan fingerprint density at radius 2 is 1.80 bits per heavy atom. The van der Waals surface area contributed by atoms with Gasteiger partial charge in [0.15, 0.2) is 0 Å². The number of rotatable bonds is 3. The fraction of sp³-hybridized carbons (Fsp3) is 0.111. The zero-order chi connectivity index (χ0) is 11.4. The molecule has 0 bridgehead atoms. The van der Waals surface area contributed by atoms with Gasteiger partial charge in [0.2, 0.25) is 0 Å². The summed E-state index contributed by atoms with van der Waals surface area (Å²) in [5.74, 6) is -2.29. The van der Waals surface area contributed by atoms with E-state index < -0.39 is 23.1 Å². The molecule has 0 aliphatic rings. The summed E-state index contributed by atoms with van der Waals surface area (Å²) in [6.45, 7) is 1.83. The standard InChI is InChI=1S/C9H8O5S/c1-6-2-4-7(5-3-6)8(10)9(11)14-15(12)13/h2-5H,1H3,(H,12,13). The normalized spacial score (nSPS) is 11.9. The number of hydrogen-bond acceptors (Lipinski definition) is 4. The smallest absolute Gasteiger partial charge is 0.336 e. The van der Waals surface area contributed by atoms with Crippen LogP contribution in [0.5, 0.6) is 0 Å². The Hall–Kier alpha value is -1.53. The summed E-state index contributed by atoms with van der Waals surface area (Å²) in [6, 6.07) is 6.19. The third-order valence-corrected chi connectivity index (χ3v) is 1.94. The molecular weight excluding hydrogens is 220 g/mol. The van der Waals surface area contributed by atoms with Gasteiger partial charge in [-0.3, -0.25) is 9.35 Å². The Balaban J connectivity index is 2.81. The van der Waals surface area contributed by atoms with Crippen LogP contribution in [-0.2, 0) is 20.3 Å². The van der Waals surface area contributed by atoms with Gasteiger partial charge in [-0.05, 0) is 6.92 Å². The summed E-state index contributed by atoms with van der Waals surface area (Å²) in [5.41, 5.74) is 1.06. The molecule has 1 aromatic rings. The highest BCUT2D eigenvalue weighted by atomic mass is 32.2. The summed E-state index contributed by atoms with van der Waals surface area (Å²) in [5, 5.41) is 0. The lowest BCUT2D eigenvalue weighted by atomic mass is 10.1. The zero-order valence-electron chi connectivity index (χ0n) is 7.80. The predicted molar refractivity (Wildman–Crippen MR) is 52.4 cm³/mol. The van der Waals surface area contributed by atoms with Gasteiger partial charge in [-0.2, -0.15) is 4.21 Å². The van der Waals surface area contributed by atoms with Gasteiger partial charge in [-0.15, -0.1) is 0 Å². The van der Waals surface area contributed by atoms with Crippen LogP contribution in [0.15, 0.2) is 24.3 Å². The molecule has 0 spiro atoms. The van der Waals surface area contributed by atoms with E-state index in [0.717, 1.165) is 5.56 Å². The number of Topliss-reactive ketones (excluding diaryl/α,β-unsaturated/α-hetero) is 1. The van der Waals surface area contributed by atoms with E-state index in [-0.39, 0.29) is 5.56 Å². The van der Waals surface area contributed by atoms with Crippen molar-refractivity contribution in [3.63, 3.8) is 0 Å². The van der Waals surface area contributed by atoms with Crippen LogP contribution in [0.1, 0.15) is 15.9 Å². The molecule has 1 unspecified atom stereocenters. The lowest BCUT2D eigenvalue weighted by molar-refractivity contribution is -0.128. The molecule has 6 heteroatoms. The molecule has 0 amide bonds. The molecule has 0 aliphatic heterocycles. The summed E-state index contributed by atoms with van der Waals surface area (Å²) in [7, 11) is 0. The lowest BCUT2D eigenvalue weighted by Crippen LogP contribution is -2.18. The van der Waals surface area contributed by atoms with Gasteiger partial charge in [-0.25, -0.2) is 4.79 Å². The van der Waals surface area contributed by atoms with E-state index in [1.54, 1.807) is 12.1 Å². The van der Waals surface area contributed by atoms with E-state index in [2.05, 4.69) is 4.18 Å². The Kier molecular flexibility index (Phi) is 3.70. The molecule has 5 nitrogen and oxygen atoms in total. The van der Waals surface area contributed by atoms with E-state index in [1.165, 1.54) is 12.1 Å². The first-order chi connectivity index (χ1) is 7.00. The highest BCUT2D eigenvalue weighted by Crippen LogP contribution is 2.05. The second kappa shape index (κ2) is 4.81. The maximum Gasteiger partial charge on any atom is 0.395 e. The monoisotopic (exact) mass is 228 g/mol. The van der Waals surface area contributed by atoms with Crippen LogP contribution in [0.2, 0.25) is 0 Å². The summed E-state index contributed by atoms with van der Waals surface area (Å²) in [4.78, 5) is 22.2. The van der Waals surface area contributed by atoms with Gasteiger partial charge in [0, 0.05) is 5.56 Å². The Morgan fingerprint density at radius 1 is 1.27 bits per heavy atom. The topological polar surface area (TPSA) is 80.7 Å². The molecule has 0 aromatic heterocycles. The number of aryl methyl sites for hydroxylation is 1. The van der Waals surface area contributed by atoms with E-state index in [9.17, 15) is 13.8 Å². The van der Waals surface area contributed by atoms with Crippen LogP contribution in [0.4, 0.5) is 0 Å². The highest BCUT2D eigenvalue weighted by molar-refractivity contribution is 7.74. The van der Waals surface area contributed by atoms with Crippen molar-refractivity contribution in [3.8, 4) is 0 Å². The minimum absolute atomic E-state index is 0.121. The Labute approximate surface area is 88.5 Å². The average Bonchev–Trinajstić information content (AvgIpc) is 2.17. The summed E-state index contributed by atoms with van der Waals surface area (Å²) >= 11 is -2.76. The van der Waals surface area contributed by atoms with Crippen molar-refractivity contribution < 1.29 is 22.5 Å². The van der Waals surface area contributed by atoms with Crippen LogP contribution < -0.4 is 0 Å². The lowest BCUT2D eigenvalue weighted by Gasteiger charge is -1.99. The quantitative estimate of drug-likeness (QED) is 0.471. The zero-order valence-corrected chi connectivity index (χ0v) is 8.61. The number of hydrogen-bond donors (Lipinski definition) is 1. The summed E-state index contributed by atoms with van der Waals surface area (Å²) < 4.78 is 22.2. The number of carbonyl (C=O) groups excluding carboxylic acids is 2. The molecule has 1 atom stereocenters. The molecule has 0 fully saturated rings. The van der Waals surface area contributed by atoms with Crippen LogP contribution in [0, 0.1) is 6.92 Å². The van der Waals surface area contributed by atoms with Gasteiger partial charge >= 0.3 is 17.3 Å². The van der Waals surface area contributed by atoms with Crippen molar-refractivity contribution in [2.24, 2.45) is 0 Å². The van der Waals surface area contributed by atoms with E-state index in [4.69, 9.17) is 4.55 Å². The van der Waals surface area contributed by atoms with Crippen LogP contribution in [0.25, 0.3) is 0 Å². The molecule has 0 aliphatic carbocycles. The average molecular weight is 228 g/mol. The highest BCUT2D eigenvalue weighted by Gasteiger charge is 2.19. The van der Waals surface area contributed by atoms with Gasteiger partial charge in [0.05, 0.1) is 0 Å². The third-order valence-electron chi connectivity index (χ3n) is 1.65. The molecule has 0 radical (unpaired) electrons. The largest absolute Gasteiger partial charge is 0.395 e. The first-order valence-electron chi connectivity index (χ1n) is 3.95. The molecule has 0 saturated carbocycles. The summed E-state index contributed by atoms with van der Waals surface area (Å²) in [6.07, 6.45) is 0. The van der Waals surface area contributed by atoms with E-state index in [1.807, 2.05) is 6.92 Å². The number of benzene rings is 1. The maximum atomic E-state index is 11.3. The van der Waals surface area contributed by atoms with Crippen LogP contribution in [-0.4, -0.2) is 20.5 Å². The van der Waals surface area contributed by atoms with Crippen molar-refractivity contribution in [2.45, 2.75) is 6.92 Å². The SMILES string of the molecule is Cc1ccc(C(=O)C(=O)OS(=O)O)cc1. The van der Waals surface area contributed by atoms with Crippen molar-refractivity contribution in [1.82, 2.24) is 0 Å². The predicted octanol–water partition coefficient (Wildman–Crippen LogP) is 0.858. The molecule has 1 N–H and O–H groups in total. The second-order valence-corrected chi connectivity index (χ2v) is 3.38. The molecule has 80 valence electrons.